The van der Waals surface area contributed by atoms with E-state index in [0.717, 1.165) is 0 Å². The normalized spacial score (nSPS) is 13.8. The van der Waals surface area contributed by atoms with Gasteiger partial charge in [-0.05, 0) is 32.4 Å². The largest absolute Gasteiger partial charge is 0.369 e. The van der Waals surface area contributed by atoms with Crippen molar-refractivity contribution in [2.45, 2.75) is 25.8 Å². The first kappa shape index (κ1) is 13.5. The lowest BCUT2D eigenvalue weighted by atomic mass is 10.0. The van der Waals surface area contributed by atoms with Crippen LogP contribution in [0.25, 0.3) is 0 Å². The highest BCUT2D eigenvalue weighted by Gasteiger charge is 2.19. The molecule has 3 nitrogen and oxygen atoms in total. The van der Waals surface area contributed by atoms with Gasteiger partial charge in [0, 0.05) is 13.1 Å². The molecule has 0 saturated carbocycles. The van der Waals surface area contributed by atoms with E-state index in [-0.39, 0.29) is 5.82 Å². The van der Waals surface area contributed by atoms with Crippen molar-refractivity contribution < 1.29 is 4.39 Å². The van der Waals surface area contributed by atoms with E-state index < -0.39 is 5.54 Å². The van der Waals surface area contributed by atoms with Crippen molar-refractivity contribution in [3.63, 3.8) is 0 Å². The molecule has 0 amide bonds. The number of anilines is 1. The molecule has 0 bridgehead atoms. The molecule has 1 aromatic rings. The van der Waals surface area contributed by atoms with Crippen molar-refractivity contribution in [1.29, 1.82) is 5.26 Å². The minimum Gasteiger partial charge on any atom is -0.369 e. The molecule has 1 unspecified atom stereocenters. The van der Waals surface area contributed by atoms with Gasteiger partial charge in [-0.3, -0.25) is 0 Å². The SMILES string of the molecule is CCN(CCC(C)(N)C#N)c1ccccc1F. The van der Waals surface area contributed by atoms with Gasteiger partial charge in [-0.25, -0.2) is 4.39 Å². The summed E-state index contributed by atoms with van der Waals surface area (Å²) < 4.78 is 13.6. The minimum atomic E-state index is -0.862. The maximum absolute atomic E-state index is 13.6. The van der Waals surface area contributed by atoms with Crippen LogP contribution in [0.1, 0.15) is 20.3 Å². The number of para-hydroxylation sites is 1. The Balaban J connectivity index is 2.74. The smallest absolute Gasteiger partial charge is 0.146 e. The third-order valence-electron chi connectivity index (χ3n) is 2.73. The Morgan fingerprint density at radius 3 is 2.65 bits per heavy atom. The molecule has 0 aromatic heterocycles. The van der Waals surface area contributed by atoms with E-state index in [2.05, 4.69) is 0 Å². The van der Waals surface area contributed by atoms with Crippen molar-refractivity contribution in [1.82, 2.24) is 0 Å². The second-order valence-electron chi connectivity index (χ2n) is 4.31. The van der Waals surface area contributed by atoms with Gasteiger partial charge in [0.15, 0.2) is 0 Å². The van der Waals surface area contributed by atoms with E-state index in [0.29, 0.717) is 25.2 Å². The molecule has 4 heteroatoms. The van der Waals surface area contributed by atoms with Crippen LogP contribution in [0, 0.1) is 17.1 Å². The summed E-state index contributed by atoms with van der Waals surface area (Å²) in [5.41, 5.74) is 5.45. The van der Waals surface area contributed by atoms with Crippen molar-refractivity contribution in [3.8, 4) is 6.07 Å². The monoisotopic (exact) mass is 235 g/mol. The van der Waals surface area contributed by atoms with Crippen molar-refractivity contribution in [3.05, 3.63) is 30.1 Å². The number of nitriles is 1. The van der Waals surface area contributed by atoms with E-state index in [9.17, 15) is 4.39 Å². The Kier molecular flexibility index (Phi) is 4.47. The molecular weight excluding hydrogens is 217 g/mol. The maximum atomic E-state index is 13.6. The predicted molar refractivity (Wildman–Crippen MR) is 67.1 cm³/mol. The molecule has 0 radical (unpaired) electrons. The summed E-state index contributed by atoms with van der Waals surface area (Å²) in [6, 6.07) is 8.67. The third-order valence-corrected chi connectivity index (χ3v) is 2.73. The molecule has 0 aliphatic carbocycles. The van der Waals surface area contributed by atoms with Crippen LogP contribution in [0.4, 0.5) is 10.1 Å². The minimum absolute atomic E-state index is 0.245. The van der Waals surface area contributed by atoms with Crippen molar-refractivity contribution in [2.75, 3.05) is 18.0 Å². The third kappa shape index (κ3) is 3.72. The lowest BCUT2D eigenvalue weighted by molar-refractivity contribution is 0.535. The summed E-state index contributed by atoms with van der Waals surface area (Å²) in [5, 5.41) is 8.84. The lowest BCUT2D eigenvalue weighted by Gasteiger charge is -2.26. The van der Waals surface area contributed by atoms with Crippen molar-refractivity contribution >= 4 is 5.69 Å². The van der Waals surface area contributed by atoms with E-state index in [1.165, 1.54) is 6.07 Å². The van der Waals surface area contributed by atoms with E-state index >= 15 is 0 Å². The molecular formula is C13H18FN3. The quantitative estimate of drug-likeness (QED) is 0.851. The molecule has 0 heterocycles. The number of hydrogen-bond donors (Lipinski definition) is 1. The number of rotatable bonds is 5. The van der Waals surface area contributed by atoms with Gasteiger partial charge >= 0.3 is 0 Å². The highest BCUT2D eigenvalue weighted by molar-refractivity contribution is 5.47. The molecule has 1 aromatic carbocycles. The second-order valence-corrected chi connectivity index (χ2v) is 4.31. The van der Waals surface area contributed by atoms with Crippen LogP contribution in [0.15, 0.2) is 24.3 Å². The van der Waals surface area contributed by atoms with Gasteiger partial charge < -0.3 is 10.6 Å². The first-order chi connectivity index (χ1) is 8.00. The summed E-state index contributed by atoms with van der Waals surface area (Å²) in [7, 11) is 0. The fourth-order valence-electron chi connectivity index (χ4n) is 1.58. The molecule has 2 N–H and O–H groups in total. The van der Waals surface area contributed by atoms with Gasteiger partial charge in [0.1, 0.15) is 11.4 Å². The molecule has 1 rings (SSSR count). The van der Waals surface area contributed by atoms with Gasteiger partial charge in [-0.1, -0.05) is 12.1 Å². The number of halogens is 1. The summed E-state index contributed by atoms with van der Waals surface area (Å²) in [4.78, 5) is 1.89. The van der Waals surface area contributed by atoms with E-state index in [1.54, 1.807) is 25.1 Å². The van der Waals surface area contributed by atoms with Gasteiger partial charge in [-0.2, -0.15) is 5.26 Å². The fourth-order valence-corrected chi connectivity index (χ4v) is 1.58. The first-order valence-electron chi connectivity index (χ1n) is 5.70. The Labute approximate surface area is 102 Å². The van der Waals surface area contributed by atoms with Gasteiger partial charge in [0.2, 0.25) is 0 Å². The average Bonchev–Trinajstić information content (AvgIpc) is 2.32. The van der Waals surface area contributed by atoms with E-state index in [4.69, 9.17) is 11.0 Å². The van der Waals surface area contributed by atoms with Crippen LogP contribution in [-0.4, -0.2) is 18.6 Å². The number of hydrogen-bond acceptors (Lipinski definition) is 3. The molecule has 92 valence electrons. The van der Waals surface area contributed by atoms with Gasteiger partial charge in [0.25, 0.3) is 0 Å². The van der Waals surface area contributed by atoms with Crippen LogP contribution >= 0.6 is 0 Å². The molecule has 0 aliphatic heterocycles. The Morgan fingerprint density at radius 2 is 2.12 bits per heavy atom. The zero-order valence-corrected chi connectivity index (χ0v) is 10.3. The summed E-state index contributed by atoms with van der Waals surface area (Å²) in [6.45, 7) is 4.88. The Bertz CT molecular complexity index is 409. The van der Waals surface area contributed by atoms with E-state index in [1.807, 2.05) is 17.9 Å². The summed E-state index contributed by atoms with van der Waals surface area (Å²) >= 11 is 0. The summed E-state index contributed by atoms with van der Waals surface area (Å²) in [5.74, 6) is -0.245. The van der Waals surface area contributed by atoms with Crippen molar-refractivity contribution in [2.24, 2.45) is 5.73 Å². The molecule has 0 spiro atoms. The molecule has 0 fully saturated rings. The Morgan fingerprint density at radius 1 is 1.47 bits per heavy atom. The van der Waals surface area contributed by atoms with Crippen LogP contribution in [0.5, 0.6) is 0 Å². The fraction of sp³-hybridized carbons (Fsp3) is 0.462. The average molecular weight is 235 g/mol. The predicted octanol–water partition coefficient (Wildman–Crippen LogP) is 2.28. The number of benzene rings is 1. The topological polar surface area (TPSA) is 53.0 Å². The molecule has 0 aliphatic rings. The zero-order chi connectivity index (χ0) is 12.9. The Hall–Kier alpha value is -1.60. The van der Waals surface area contributed by atoms with Gasteiger partial charge in [-0.15, -0.1) is 0 Å². The second kappa shape index (κ2) is 5.65. The highest BCUT2D eigenvalue weighted by atomic mass is 19.1. The molecule has 17 heavy (non-hydrogen) atoms. The van der Waals surface area contributed by atoms with Gasteiger partial charge in [0.05, 0.1) is 11.8 Å². The standard InChI is InChI=1S/C13H18FN3/c1-3-17(9-8-13(2,16)10-15)12-7-5-4-6-11(12)14/h4-7H,3,8-9,16H2,1-2H3. The lowest BCUT2D eigenvalue weighted by Crippen LogP contribution is -2.39. The van der Waals surface area contributed by atoms with Crippen LogP contribution < -0.4 is 10.6 Å². The maximum Gasteiger partial charge on any atom is 0.146 e. The van der Waals surface area contributed by atoms with Crippen LogP contribution in [-0.2, 0) is 0 Å². The highest BCUT2D eigenvalue weighted by Crippen LogP contribution is 2.19. The number of nitrogens with zero attached hydrogens (tertiary/aromatic N) is 2. The van der Waals surface area contributed by atoms with Crippen LogP contribution in [0.3, 0.4) is 0 Å². The summed E-state index contributed by atoms with van der Waals surface area (Å²) in [6.07, 6.45) is 0.506. The zero-order valence-electron chi connectivity index (χ0n) is 10.3. The first-order valence-corrected chi connectivity index (χ1v) is 5.70. The molecule has 0 saturated heterocycles. The molecule has 1 atom stereocenters. The van der Waals surface area contributed by atoms with Crippen LogP contribution in [0.2, 0.25) is 0 Å². The number of nitrogens with two attached hydrogens (primary N) is 1.